The van der Waals surface area contributed by atoms with Crippen LogP contribution >= 0.6 is 0 Å². The summed E-state index contributed by atoms with van der Waals surface area (Å²) in [6.07, 6.45) is 1.64. The smallest absolute Gasteiger partial charge is 0.272 e. The van der Waals surface area contributed by atoms with Crippen molar-refractivity contribution in [3.05, 3.63) is 45.9 Å². The molecule has 2 rings (SSSR count). The van der Waals surface area contributed by atoms with E-state index < -0.39 is 5.54 Å². The third kappa shape index (κ3) is 2.63. The predicted octanol–water partition coefficient (Wildman–Crippen LogP) is 2.49. The van der Waals surface area contributed by atoms with Gasteiger partial charge in [-0.1, -0.05) is 12.1 Å². The molecule has 0 unspecified atom stereocenters. The van der Waals surface area contributed by atoms with Crippen molar-refractivity contribution in [3.63, 3.8) is 0 Å². The van der Waals surface area contributed by atoms with Gasteiger partial charge >= 0.3 is 0 Å². The molecule has 0 spiro atoms. The van der Waals surface area contributed by atoms with Crippen LogP contribution in [0.3, 0.4) is 0 Å². The van der Waals surface area contributed by atoms with Crippen LogP contribution in [0.2, 0.25) is 0 Å². The third-order valence-electron chi connectivity index (χ3n) is 2.90. The second-order valence-corrected chi connectivity index (χ2v) is 5.13. The summed E-state index contributed by atoms with van der Waals surface area (Å²) in [5.41, 5.74) is 7.55. The van der Waals surface area contributed by atoms with E-state index in [1.807, 2.05) is 19.9 Å². The Morgan fingerprint density at radius 2 is 2.11 bits per heavy atom. The van der Waals surface area contributed by atoms with E-state index in [-0.39, 0.29) is 10.6 Å². The lowest BCUT2D eigenvalue weighted by Gasteiger charge is -2.14. The van der Waals surface area contributed by atoms with Gasteiger partial charge in [0.1, 0.15) is 5.82 Å². The summed E-state index contributed by atoms with van der Waals surface area (Å²) in [6.45, 7) is 5.39. The summed E-state index contributed by atoms with van der Waals surface area (Å²) in [4.78, 5) is 17.9. The topological polar surface area (TPSA) is 97.8 Å². The molecule has 0 radical (unpaired) electrons. The number of hydrogen-bond acceptors (Lipinski definition) is 4. The van der Waals surface area contributed by atoms with Gasteiger partial charge < -0.3 is 10.7 Å². The number of nitrogens with one attached hydrogen (secondary N) is 1. The van der Waals surface area contributed by atoms with Gasteiger partial charge in [-0.15, -0.1) is 0 Å². The van der Waals surface area contributed by atoms with Gasteiger partial charge in [0.2, 0.25) is 0 Å². The van der Waals surface area contributed by atoms with Crippen LogP contribution in [0.15, 0.2) is 24.4 Å². The molecule has 0 amide bonds. The molecule has 19 heavy (non-hydrogen) atoms. The number of aryl methyl sites for hydroxylation is 1. The van der Waals surface area contributed by atoms with Crippen molar-refractivity contribution in [2.45, 2.75) is 26.3 Å². The number of nitro benzene ring substituents is 1. The molecule has 3 N–H and O–H groups in total. The highest BCUT2D eigenvalue weighted by molar-refractivity contribution is 5.63. The second kappa shape index (κ2) is 4.47. The highest BCUT2D eigenvalue weighted by Gasteiger charge is 2.19. The summed E-state index contributed by atoms with van der Waals surface area (Å²) in [5.74, 6) is 0.644. The lowest BCUT2D eigenvalue weighted by atomic mass is 10.1. The lowest BCUT2D eigenvalue weighted by Crippen LogP contribution is -2.30. The van der Waals surface area contributed by atoms with Crippen LogP contribution in [0.25, 0.3) is 11.3 Å². The first-order valence-electron chi connectivity index (χ1n) is 5.89. The quantitative estimate of drug-likeness (QED) is 0.654. The molecular weight excluding hydrogens is 244 g/mol. The van der Waals surface area contributed by atoms with Crippen molar-refractivity contribution < 1.29 is 4.92 Å². The van der Waals surface area contributed by atoms with Crippen LogP contribution in [0.1, 0.15) is 25.2 Å². The molecular formula is C13H16N4O2. The molecule has 2 aromatic rings. The van der Waals surface area contributed by atoms with Crippen molar-refractivity contribution in [2.75, 3.05) is 0 Å². The molecule has 1 aromatic carbocycles. The fraction of sp³-hybridized carbons (Fsp3) is 0.308. The van der Waals surface area contributed by atoms with Gasteiger partial charge in [-0.05, 0) is 20.8 Å². The Bertz CT molecular complexity index is 626. The average molecular weight is 260 g/mol. The summed E-state index contributed by atoms with van der Waals surface area (Å²) < 4.78 is 0. The number of H-pyrrole nitrogens is 1. The normalized spacial score (nSPS) is 11.6. The summed E-state index contributed by atoms with van der Waals surface area (Å²) in [6, 6.07) is 5.08. The number of aromatic amines is 1. The third-order valence-corrected chi connectivity index (χ3v) is 2.90. The van der Waals surface area contributed by atoms with E-state index in [1.165, 1.54) is 6.07 Å². The lowest BCUT2D eigenvalue weighted by molar-refractivity contribution is -0.385. The molecule has 0 aliphatic carbocycles. The molecule has 0 bridgehead atoms. The molecule has 100 valence electrons. The van der Waals surface area contributed by atoms with E-state index in [4.69, 9.17) is 5.73 Å². The zero-order valence-electron chi connectivity index (χ0n) is 11.1. The number of imidazole rings is 1. The highest BCUT2D eigenvalue weighted by atomic mass is 16.6. The van der Waals surface area contributed by atoms with Crippen molar-refractivity contribution >= 4 is 5.69 Å². The molecule has 6 heteroatoms. The van der Waals surface area contributed by atoms with Gasteiger partial charge in [-0.3, -0.25) is 10.1 Å². The van der Waals surface area contributed by atoms with Crippen molar-refractivity contribution in [1.82, 2.24) is 9.97 Å². The fourth-order valence-corrected chi connectivity index (χ4v) is 1.77. The molecule has 1 aromatic heterocycles. The first-order chi connectivity index (χ1) is 8.79. The minimum absolute atomic E-state index is 0.0978. The van der Waals surface area contributed by atoms with E-state index in [2.05, 4.69) is 9.97 Å². The zero-order chi connectivity index (χ0) is 14.2. The van der Waals surface area contributed by atoms with E-state index in [9.17, 15) is 10.1 Å². The highest BCUT2D eigenvalue weighted by Crippen LogP contribution is 2.26. The maximum atomic E-state index is 10.9. The van der Waals surface area contributed by atoms with Crippen LogP contribution in [-0.2, 0) is 5.54 Å². The Morgan fingerprint density at radius 1 is 1.42 bits per heavy atom. The largest absolute Gasteiger partial charge is 0.340 e. The minimum atomic E-state index is -0.575. The molecule has 0 saturated heterocycles. The SMILES string of the molecule is Cc1ccc(-c2cnc(C(C)(C)N)[nH]2)cc1[N+](=O)[O-]. The van der Waals surface area contributed by atoms with Gasteiger partial charge in [0.15, 0.2) is 0 Å². The summed E-state index contributed by atoms with van der Waals surface area (Å²) in [7, 11) is 0. The Hall–Kier alpha value is -2.21. The number of rotatable bonds is 3. The number of nitro groups is 1. The van der Waals surface area contributed by atoms with Crippen molar-refractivity contribution in [3.8, 4) is 11.3 Å². The van der Waals surface area contributed by atoms with Crippen LogP contribution in [0.5, 0.6) is 0 Å². The van der Waals surface area contributed by atoms with E-state index >= 15 is 0 Å². The van der Waals surface area contributed by atoms with Gasteiger partial charge in [-0.25, -0.2) is 4.98 Å². The van der Waals surface area contributed by atoms with E-state index in [0.717, 1.165) is 11.3 Å². The molecule has 0 saturated carbocycles. The molecule has 0 aliphatic heterocycles. The maximum Gasteiger partial charge on any atom is 0.272 e. The van der Waals surface area contributed by atoms with Crippen molar-refractivity contribution in [1.29, 1.82) is 0 Å². The second-order valence-electron chi connectivity index (χ2n) is 5.13. The minimum Gasteiger partial charge on any atom is -0.340 e. The Balaban J connectivity index is 2.45. The molecule has 0 aliphatic rings. The zero-order valence-corrected chi connectivity index (χ0v) is 11.1. The van der Waals surface area contributed by atoms with Gasteiger partial charge in [0.25, 0.3) is 5.69 Å². The number of benzene rings is 1. The van der Waals surface area contributed by atoms with Gasteiger partial charge in [0.05, 0.1) is 22.4 Å². The first-order valence-corrected chi connectivity index (χ1v) is 5.89. The molecule has 0 atom stereocenters. The molecule has 1 heterocycles. The number of hydrogen-bond donors (Lipinski definition) is 2. The standard InChI is InChI=1S/C13H16N4O2/c1-8-4-5-9(6-11(8)17(18)19)10-7-15-12(16-10)13(2,3)14/h4-7H,14H2,1-3H3,(H,15,16). The van der Waals surface area contributed by atoms with Crippen LogP contribution in [-0.4, -0.2) is 14.9 Å². The molecule has 6 nitrogen and oxygen atoms in total. The van der Waals surface area contributed by atoms with E-state index in [1.54, 1.807) is 19.2 Å². The molecule has 0 fully saturated rings. The Morgan fingerprint density at radius 3 is 2.63 bits per heavy atom. The number of nitrogens with zero attached hydrogens (tertiary/aromatic N) is 2. The number of aromatic nitrogens is 2. The van der Waals surface area contributed by atoms with Crippen LogP contribution < -0.4 is 5.73 Å². The van der Waals surface area contributed by atoms with Crippen LogP contribution in [0, 0.1) is 17.0 Å². The Labute approximate surface area is 110 Å². The van der Waals surface area contributed by atoms with E-state index in [0.29, 0.717) is 11.4 Å². The van der Waals surface area contributed by atoms with Gasteiger partial charge in [0, 0.05) is 17.2 Å². The maximum absolute atomic E-state index is 10.9. The monoisotopic (exact) mass is 260 g/mol. The first kappa shape index (κ1) is 13.2. The predicted molar refractivity (Wildman–Crippen MR) is 72.6 cm³/mol. The van der Waals surface area contributed by atoms with Crippen molar-refractivity contribution in [2.24, 2.45) is 5.73 Å². The number of nitrogens with two attached hydrogens (primary N) is 1. The van der Waals surface area contributed by atoms with Crippen LogP contribution in [0.4, 0.5) is 5.69 Å². The summed E-state index contributed by atoms with van der Waals surface area (Å²) >= 11 is 0. The van der Waals surface area contributed by atoms with Gasteiger partial charge in [-0.2, -0.15) is 0 Å². The fourth-order valence-electron chi connectivity index (χ4n) is 1.77. The summed E-state index contributed by atoms with van der Waals surface area (Å²) in [5, 5.41) is 10.9. The Kier molecular flexibility index (Phi) is 3.11. The average Bonchev–Trinajstić information content (AvgIpc) is 2.78.